The van der Waals surface area contributed by atoms with Crippen molar-refractivity contribution in [3.63, 3.8) is 0 Å². The van der Waals surface area contributed by atoms with Crippen LogP contribution in [0.25, 0.3) is 22.3 Å². The number of rotatable bonds is 6. The molecule has 7 rings (SSSR count). The molecule has 2 fully saturated rings. The van der Waals surface area contributed by atoms with E-state index in [1.165, 1.54) is 6.42 Å². The van der Waals surface area contributed by atoms with Crippen molar-refractivity contribution >= 4 is 40.2 Å². The van der Waals surface area contributed by atoms with Gasteiger partial charge in [0.15, 0.2) is 0 Å². The Labute approximate surface area is 226 Å². The highest BCUT2D eigenvalue weighted by Crippen LogP contribution is 2.36. The van der Waals surface area contributed by atoms with Gasteiger partial charge in [-0.25, -0.2) is 9.97 Å². The Kier molecular flexibility index (Phi) is 5.77. The number of fused-ring (bicyclic) bond motifs is 2. The molecular weight excluding hydrogens is 492 g/mol. The Bertz CT molecular complexity index is 1610. The molecule has 3 aliphatic heterocycles. The lowest BCUT2D eigenvalue weighted by molar-refractivity contribution is -0.120. The third kappa shape index (κ3) is 4.21. The summed E-state index contributed by atoms with van der Waals surface area (Å²) in [6.07, 6.45) is 8.17. The number of nitrogens with one attached hydrogen (secondary N) is 2. The standard InChI is InChI=1S/C29H30N8O2/c1-35-13-9-20-19(8-10-30-28(20)35)27-21-14-32-29(39)26(21)22(15-31-27)33-23-4-2-5-24(34-23)37-17-18(6-7-25(37)38)16-36-11-3-12-36/h2,4-5,8-10,13,15,18H,3,6-7,11-12,14,16-17H2,1H3,(H,32,39)(H,33,34)/t18-/m1/s1. The van der Waals surface area contributed by atoms with Crippen LogP contribution in [0.3, 0.4) is 0 Å². The Balaban J connectivity index is 1.19. The molecule has 0 spiro atoms. The lowest BCUT2D eigenvalue weighted by Gasteiger charge is -2.38. The largest absolute Gasteiger partial charge is 0.348 e. The zero-order chi connectivity index (χ0) is 26.5. The summed E-state index contributed by atoms with van der Waals surface area (Å²) in [7, 11) is 1.96. The van der Waals surface area contributed by atoms with E-state index in [0.29, 0.717) is 48.3 Å². The lowest BCUT2D eigenvalue weighted by Crippen LogP contribution is -2.47. The molecule has 2 N–H and O–H groups in total. The van der Waals surface area contributed by atoms with Crippen molar-refractivity contribution in [2.24, 2.45) is 13.0 Å². The van der Waals surface area contributed by atoms with Crippen LogP contribution in [0.5, 0.6) is 0 Å². The molecule has 0 bridgehead atoms. The summed E-state index contributed by atoms with van der Waals surface area (Å²) in [6.45, 7) is 4.43. The second-order valence-corrected chi connectivity index (χ2v) is 10.6. The number of anilines is 3. The SMILES string of the molecule is Cn1ccc2c(-c3ncc(Nc4cccc(N5C[C@@H](CN6CCC6)CCC5=O)n4)c4c3CNC4=O)ccnc21. The molecule has 4 aromatic heterocycles. The molecule has 10 heteroatoms. The lowest BCUT2D eigenvalue weighted by atomic mass is 9.95. The average Bonchev–Trinajstić information content (AvgIpc) is 3.51. The van der Waals surface area contributed by atoms with E-state index in [1.54, 1.807) is 12.4 Å². The molecule has 4 aromatic rings. The van der Waals surface area contributed by atoms with Crippen molar-refractivity contribution in [3.8, 4) is 11.3 Å². The normalized spacial score (nSPS) is 19.2. The second-order valence-electron chi connectivity index (χ2n) is 10.6. The predicted octanol–water partition coefficient (Wildman–Crippen LogP) is 3.47. The van der Waals surface area contributed by atoms with Gasteiger partial charge >= 0.3 is 0 Å². The third-order valence-electron chi connectivity index (χ3n) is 8.10. The fourth-order valence-corrected chi connectivity index (χ4v) is 5.93. The van der Waals surface area contributed by atoms with E-state index in [9.17, 15) is 9.59 Å². The number of hydrogen-bond acceptors (Lipinski definition) is 7. The van der Waals surface area contributed by atoms with Crippen molar-refractivity contribution < 1.29 is 9.59 Å². The summed E-state index contributed by atoms with van der Waals surface area (Å²) in [4.78, 5) is 44.1. The highest BCUT2D eigenvalue weighted by atomic mass is 16.2. The van der Waals surface area contributed by atoms with Crippen LogP contribution >= 0.6 is 0 Å². The van der Waals surface area contributed by atoms with E-state index < -0.39 is 0 Å². The Morgan fingerprint density at radius 2 is 2.03 bits per heavy atom. The first-order valence-electron chi connectivity index (χ1n) is 13.5. The van der Waals surface area contributed by atoms with Crippen LogP contribution in [-0.4, -0.2) is 62.4 Å². The molecule has 198 valence electrons. The zero-order valence-electron chi connectivity index (χ0n) is 21.9. The number of aromatic nitrogens is 4. The number of hydrogen-bond donors (Lipinski definition) is 2. The highest BCUT2D eigenvalue weighted by Gasteiger charge is 2.31. The Morgan fingerprint density at radius 3 is 2.87 bits per heavy atom. The summed E-state index contributed by atoms with van der Waals surface area (Å²) in [5.74, 6) is 1.61. The molecule has 0 saturated carbocycles. The number of pyridine rings is 3. The molecule has 3 aliphatic rings. The molecular formula is C29H30N8O2. The van der Waals surface area contributed by atoms with E-state index in [4.69, 9.17) is 9.97 Å². The molecule has 0 aliphatic carbocycles. The topological polar surface area (TPSA) is 108 Å². The van der Waals surface area contributed by atoms with E-state index in [1.807, 2.05) is 53.0 Å². The van der Waals surface area contributed by atoms with Gasteiger partial charge in [-0.3, -0.25) is 19.5 Å². The van der Waals surface area contributed by atoms with Crippen molar-refractivity contribution in [1.29, 1.82) is 0 Å². The fraction of sp³-hybridized carbons (Fsp3) is 0.345. The Morgan fingerprint density at radius 1 is 1.13 bits per heavy atom. The van der Waals surface area contributed by atoms with E-state index in [-0.39, 0.29) is 11.8 Å². The van der Waals surface area contributed by atoms with Crippen LogP contribution in [-0.2, 0) is 18.4 Å². The highest BCUT2D eigenvalue weighted by molar-refractivity contribution is 6.06. The van der Waals surface area contributed by atoms with E-state index in [0.717, 1.165) is 53.9 Å². The van der Waals surface area contributed by atoms with Crippen LogP contribution in [0.15, 0.2) is 48.9 Å². The molecule has 10 nitrogen and oxygen atoms in total. The van der Waals surface area contributed by atoms with Crippen LogP contribution < -0.4 is 15.5 Å². The monoisotopic (exact) mass is 522 g/mol. The van der Waals surface area contributed by atoms with Crippen molar-refractivity contribution in [3.05, 3.63) is 60.0 Å². The maximum atomic E-state index is 13.0. The van der Waals surface area contributed by atoms with Gasteiger partial charge in [-0.15, -0.1) is 0 Å². The van der Waals surface area contributed by atoms with Crippen LogP contribution in [0.1, 0.15) is 35.2 Å². The first-order chi connectivity index (χ1) is 19.0. The smallest absolute Gasteiger partial charge is 0.254 e. The molecule has 1 atom stereocenters. The number of likely N-dealkylation sites (tertiary alicyclic amines) is 1. The van der Waals surface area contributed by atoms with Gasteiger partial charge in [0.25, 0.3) is 5.91 Å². The van der Waals surface area contributed by atoms with E-state index >= 15 is 0 Å². The zero-order valence-corrected chi connectivity index (χ0v) is 21.9. The molecule has 2 saturated heterocycles. The maximum absolute atomic E-state index is 13.0. The minimum atomic E-state index is -0.147. The summed E-state index contributed by atoms with van der Waals surface area (Å²) < 4.78 is 1.97. The van der Waals surface area contributed by atoms with Crippen molar-refractivity contribution in [2.75, 3.05) is 36.4 Å². The molecule has 39 heavy (non-hydrogen) atoms. The number of piperidine rings is 1. The summed E-state index contributed by atoms with van der Waals surface area (Å²) in [6, 6.07) is 9.58. The maximum Gasteiger partial charge on any atom is 0.254 e. The third-order valence-corrected chi connectivity index (χ3v) is 8.10. The van der Waals surface area contributed by atoms with Gasteiger partial charge in [-0.2, -0.15) is 0 Å². The molecule has 0 aromatic carbocycles. The van der Waals surface area contributed by atoms with Gasteiger partial charge < -0.3 is 20.1 Å². The summed E-state index contributed by atoms with van der Waals surface area (Å²) in [5.41, 5.74) is 4.57. The molecule has 2 amide bonds. The number of carbonyl (C=O) groups excluding carboxylic acids is 2. The van der Waals surface area contributed by atoms with Crippen LogP contribution in [0.4, 0.5) is 17.3 Å². The second kappa shape index (κ2) is 9.46. The van der Waals surface area contributed by atoms with Gasteiger partial charge in [0, 0.05) is 62.0 Å². The quantitative estimate of drug-likeness (QED) is 0.399. The molecule has 0 unspecified atom stereocenters. The van der Waals surface area contributed by atoms with Gasteiger partial charge in [-0.1, -0.05) is 6.07 Å². The predicted molar refractivity (Wildman–Crippen MR) is 149 cm³/mol. The fourth-order valence-electron chi connectivity index (χ4n) is 5.93. The molecule has 0 radical (unpaired) electrons. The average molecular weight is 523 g/mol. The number of amides is 2. The minimum Gasteiger partial charge on any atom is -0.348 e. The Hall–Kier alpha value is -4.31. The summed E-state index contributed by atoms with van der Waals surface area (Å²) in [5, 5.41) is 7.26. The van der Waals surface area contributed by atoms with Gasteiger partial charge in [-0.05, 0) is 56.1 Å². The van der Waals surface area contributed by atoms with Crippen molar-refractivity contribution in [2.45, 2.75) is 25.8 Å². The first-order valence-corrected chi connectivity index (χ1v) is 13.5. The number of aryl methyl sites for hydroxylation is 1. The molecule has 7 heterocycles. The number of nitrogens with zero attached hydrogens (tertiary/aromatic N) is 6. The van der Waals surface area contributed by atoms with Gasteiger partial charge in [0.05, 0.1) is 23.1 Å². The van der Waals surface area contributed by atoms with E-state index in [2.05, 4.69) is 20.5 Å². The summed E-state index contributed by atoms with van der Waals surface area (Å²) >= 11 is 0. The van der Waals surface area contributed by atoms with Crippen LogP contribution in [0, 0.1) is 5.92 Å². The minimum absolute atomic E-state index is 0.107. The van der Waals surface area contributed by atoms with Gasteiger partial charge in [0.2, 0.25) is 5.91 Å². The van der Waals surface area contributed by atoms with Gasteiger partial charge in [0.1, 0.15) is 17.3 Å². The van der Waals surface area contributed by atoms with Crippen molar-refractivity contribution in [1.82, 2.24) is 29.7 Å². The van der Waals surface area contributed by atoms with Crippen LogP contribution in [0.2, 0.25) is 0 Å². The first kappa shape index (κ1) is 23.8. The number of carbonyl (C=O) groups is 2.